The van der Waals surface area contributed by atoms with Gasteiger partial charge in [0.05, 0.1) is 11.1 Å². The second-order valence-corrected chi connectivity index (χ2v) is 9.61. The van der Waals surface area contributed by atoms with E-state index in [4.69, 9.17) is 11.6 Å². The van der Waals surface area contributed by atoms with Crippen LogP contribution in [0.2, 0.25) is 5.02 Å². The lowest BCUT2D eigenvalue weighted by atomic mass is 9.99. The molecule has 0 aromatic heterocycles. The molecule has 0 fully saturated rings. The number of rotatable bonds is 5. The molecule has 0 unspecified atom stereocenters. The molecule has 2 aromatic carbocycles. The summed E-state index contributed by atoms with van der Waals surface area (Å²) in [4.78, 5) is 14.8. The van der Waals surface area contributed by atoms with Crippen molar-refractivity contribution >= 4 is 33.2 Å². The van der Waals surface area contributed by atoms with Crippen LogP contribution in [0.15, 0.2) is 47.4 Å². The molecular weight excluding hydrogens is 398 g/mol. The van der Waals surface area contributed by atoms with Crippen molar-refractivity contribution in [1.82, 2.24) is 9.21 Å². The quantitative estimate of drug-likeness (QED) is 0.805. The highest BCUT2D eigenvalue weighted by atomic mass is 35.5. The van der Waals surface area contributed by atoms with Crippen molar-refractivity contribution in [2.24, 2.45) is 0 Å². The molecule has 1 amide bonds. The smallest absolute Gasteiger partial charge is 0.244 e. The van der Waals surface area contributed by atoms with E-state index < -0.39 is 10.0 Å². The lowest BCUT2D eigenvalue weighted by Gasteiger charge is -2.32. The average molecular weight is 422 g/mol. The first-order valence-electron chi connectivity index (χ1n) is 9.04. The largest absolute Gasteiger partial charge is 0.325 e. The number of benzene rings is 2. The van der Waals surface area contributed by atoms with Crippen molar-refractivity contribution in [3.05, 3.63) is 58.6 Å². The Balaban J connectivity index is 1.75. The fourth-order valence-corrected chi connectivity index (χ4v) is 4.63. The van der Waals surface area contributed by atoms with Gasteiger partial charge in [0, 0.05) is 32.9 Å². The molecule has 1 heterocycles. The second kappa shape index (κ2) is 8.21. The molecule has 6 nitrogen and oxygen atoms in total. The highest BCUT2D eigenvalue weighted by Gasteiger charge is 2.26. The van der Waals surface area contributed by atoms with Crippen molar-refractivity contribution in [3.8, 4) is 0 Å². The Kier molecular flexibility index (Phi) is 6.09. The minimum Gasteiger partial charge on any atom is -0.325 e. The van der Waals surface area contributed by atoms with E-state index in [-0.39, 0.29) is 21.9 Å². The van der Waals surface area contributed by atoms with Crippen molar-refractivity contribution < 1.29 is 13.2 Å². The number of carbonyl (C=O) groups excluding carboxylic acids is 1. The van der Waals surface area contributed by atoms with Crippen LogP contribution in [0.5, 0.6) is 0 Å². The van der Waals surface area contributed by atoms with Gasteiger partial charge in [-0.2, -0.15) is 0 Å². The molecule has 3 rings (SSSR count). The van der Waals surface area contributed by atoms with Crippen molar-refractivity contribution in [3.63, 3.8) is 0 Å². The van der Waals surface area contributed by atoms with Crippen molar-refractivity contribution in [2.45, 2.75) is 30.8 Å². The number of anilines is 1. The molecular formula is C20H24ClN3O3S. The third kappa shape index (κ3) is 4.22. The molecule has 0 saturated heterocycles. The Bertz CT molecular complexity index is 992. The number of amides is 1. The van der Waals surface area contributed by atoms with Crippen molar-refractivity contribution in [1.29, 1.82) is 0 Å². The predicted molar refractivity (Wildman–Crippen MR) is 111 cm³/mol. The molecule has 8 heteroatoms. The summed E-state index contributed by atoms with van der Waals surface area (Å²) in [5.41, 5.74) is 2.96. The summed E-state index contributed by atoms with van der Waals surface area (Å²) < 4.78 is 25.9. The van der Waals surface area contributed by atoms with E-state index in [1.54, 1.807) is 6.07 Å². The second-order valence-electron chi connectivity index (χ2n) is 7.09. The molecule has 0 spiro atoms. The van der Waals surface area contributed by atoms with Gasteiger partial charge in [0.1, 0.15) is 4.90 Å². The van der Waals surface area contributed by atoms with E-state index in [1.807, 2.05) is 19.1 Å². The van der Waals surface area contributed by atoms with Gasteiger partial charge in [-0.25, -0.2) is 12.7 Å². The maximum atomic E-state index is 12.8. The van der Waals surface area contributed by atoms with Gasteiger partial charge in [0.15, 0.2) is 0 Å². The number of hydrogen-bond acceptors (Lipinski definition) is 4. The van der Waals surface area contributed by atoms with Crippen LogP contribution in [0.3, 0.4) is 0 Å². The maximum absolute atomic E-state index is 12.8. The van der Waals surface area contributed by atoms with Gasteiger partial charge in [0.2, 0.25) is 15.9 Å². The molecule has 0 bridgehead atoms. The van der Waals surface area contributed by atoms with E-state index in [9.17, 15) is 13.2 Å². The van der Waals surface area contributed by atoms with E-state index in [2.05, 4.69) is 22.3 Å². The average Bonchev–Trinajstić information content (AvgIpc) is 2.68. The normalized spacial score (nSPS) is 15.9. The zero-order valence-corrected chi connectivity index (χ0v) is 17.7. The van der Waals surface area contributed by atoms with Crippen LogP contribution in [-0.4, -0.2) is 50.2 Å². The number of halogens is 1. The third-order valence-electron chi connectivity index (χ3n) is 5.04. The molecule has 2 aromatic rings. The first-order valence-corrected chi connectivity index (χ1v) is 10.9. The Morgan fingerprint density at radius 2 is 1.86 bits per heavy atom. The van der Waals surface area contributed by atoms with Crippen LogP contribution in [0, 0.1) is 0 Å². The SMILES string of the molecule is C[C@H](C(=O)Nc1ccc(Cl)c(S(=O)(=O)N(C)C)c1)N1CCc2ccccc2C1. The highest BCUT2D eigenvalue weighted by Crippen LogP contribution is 2.27. The molecule has 1 atom stereocenters. The predicted octanol–water partition coefficient (Wildman–Crippen LogP) is 2.98. The lowest BCUT2D eigenvalue weighted by molar-refractivity contribution is -0.121. The summed E-state index contributed by atoms with van der Waals surface area (Å²) in [7, 11) is -0.825. The van der Waals surface area contributed by atoms with Gasteiger partial charge in [-0.05, 0) is 42.7 Å². The lowest BCUT2D eigenvalue weighted by Crippen LogP contribution is -2.44. The third-order valence-corrected chi connectivity index (χ3v) is 7.34. The Labute approximate surface area is 171 Å². The topological polar surface area (TPSA) is 69.7 Å². The minimum atomic E-state index is -3.70. The van der Waals surface area contributed by atoms with E-state index in [1.165, 1.54) is 37.4 Å². The molecule has 1 N–H and O–H groups in total. The van der Waals surface area contributed by atoms with Crippen LogP contribution in [0.25, 0.3) is 0 Å². The number of nitrogens with zero attached hydrogens (tertiary/aromatic N) is 2. The van der Waals surface area contributed by atoms with Crippen LogP contribution < -0.4 is 5.32 Å². The molecule has 28 heavy (non-hydrogen) atoms. The molecule has 0 saturated carbocycles. The molecule has 0 aliphatic carbocycles. The van der Waals surface area contributed by atoms with Crippen LogP contribution in [-0.2, 0) is 27.8 Å². The van der Waals surface area contributed by atoms with Crippen LogP contribution in [0.1, 0.15) is 18.1 Å². The van der Waals surface area contributed by atoms with E-state index in [0.29, 0.717) is 12.2 Å². The number of carbonyl (C=O) groups is 1. The summed E-state index contributed by atoms with van der Waals surface area (Å²) in [5.74, 6) is -0.185. The fraction of sp³-hybridized carbons (Fsp3) is 0.350. The summed E-state index contributed by atoms with van der Waals surface area (Å²) in [6, 6.07) is 12.4. The van der Waals surface area contributed by atoms with Gasteiger partial charge >= 0.3 is 0 Å². The van der Waals surface area contributed by atoms with Crippen molar-refractivity contribution in [2.75, 3.05) is 26.0 Å². The fourth-order valence-electron chi connectivity index (χ4n) is 3.24. The maximum Gasteiger partial charge on any atom is 0.244 e. The van der Waals surface area contributed by atoms with Gasteiger partial charge in [-0.1, -0.05) is 35.9 Å². The summed E-state index contributed by atoms with van der Waals surface area (Å²) >= 11 is 6.07. The summed E-state index contributed by atoms with van der Waals surface area (Å²) in [5, 5.41) is 2.94. The van der Waals surface area contributed by atoms with Gasteiger partial charge in [-0.3, -0.25) is 9.69 Å². The summed E-state index contributed by atoms with van der Waals surface area (Å²) in [6.45, 7) is 3.37. The van der Waals surface area contributed by atoms with E-state index >= 15 is 0 Å². The van der Waals surface area contributed by atoms with Gasteiger partial charge in [0.25, 0.3) is 0 Å². The first-order chi connectivity index (χ1) is 13.2. The summed E-state index contributed by atoms with van der Waals surface area (Å²) in [6.07, 6.45) is 0.903. The molecule has 1 aliphatic heterocycles. The first kappa shape index (κ1) is 20.8. The molecule has 1 aliphatic rings. The highest BCUT2D eigenvalue weighted by molar-refractivity contribution is 7.89. The number of nitrogens with one attached hydrogen (secondary N) is 1. The Hall–Kier alpha value is -1.93. The van der Waals surface area contributed by atoms with Crippen LogP contribution >= 0.6 is 11.6 Å². The van der Waals surface area contributed by atoms with Gasteiger partial charge < -0.3 is 5.32 Å². The van der Waals surface area contributed by atoms with E-state index in [0.717, 1.165) is 17.3 Å². The van der Waals surface area contributed by atoms with Crippen LogP contribution in [0.4, 0.5) is 5.69 Å². The molecule has 0 radical (unpaired) electrons. The number of hydrogen-bond donors (Lipinski definition) is 1. The number of fused-ring (bicyclic) bond motifs is 1. The van der Waals surface area contributed by atoms with Gasteiger partial charge in [-0.15, -0.1) is 0 Å². The zero-order valence-electron chi connectivity index (χ0n) is 16.1. The standard InChI is InChI=1S/C20H24ClN3O3S/c1-14(24-11-10-15-6-4-5-7-16(15)13-24)20(25)22-17-8-9-18(21)19(12-17)28(26,27)23(2)3/h4-9,12,14H,10-11,13H2,1-3H3,(H,22,25)/t14-/m1/s1. The Morgan fingerprint density at radius 3 is 2.54 bits per heavy atom. The molecule has 150 valence electrons. The zero-order chi connectivity index (χ0) is 20.5. The number of sulfonamides is 1. The minimum absolute atomic E-state index is 0.0310. The Morgan fingerprint density at radius 1 is 1.18 bits per heavy atom. The monoisotopic (exact) mass is 421 g/mol.